The second kappa shape index (κ2) is 5.07. The van der Waals surface area contributed by atoms with Crippen molar-refractivity contribution in [2.45, 2.75) is 32.2 Å². The second-order valence-electron chi connectivity index (χ2n) is 5.19. The fraction of sp³-hybridized carbons (Fsp3) is 0.400. The zero-order chi connectivity index (χ0) is 14.1. The molecule has 5 nitrogen and oxygen atoms in total. The lowest BCUT2D eigenvalue weighted by Gasteiger charge is -2.25. The van der Waals surface area contributed by atoms with Gasteiger partial charge in [0, 0.05) is 6.54 Å². The molecule has 2 heterocycles. The molecule has 1 aromatic rings. The van der Waals surface area contributed by atoms with E-state index in [-0.39, 0.29) is 18.0 Å². The van der Waals surface area contributed by atoms with Crippen LogP contribution >= 0.6 is 0 Å². The fourth-order valence-corrected chi connectivity index (χ4v) is 2.75. The summed E-state index contributed by atoms with van der Waals surface area (Å²) < 4.78 is 0. The van der Waals surface area contributed by atoms with Crippen LogP contribution in [0.25, 0.3) is 0 Å². The standard InChI is InChI=1S/C15H17N3O2/c1-11(12-7-3-2-4-8-12)16-18-14(19)13-9-5-6-10-17(13)15(18)20/h2-4,7-8,13H,5-6,9-10H2,1H3/b16-11+/t13-/m0/s1. The SMILES string of the molecule is C/C(=N\N1C(=O)[C@@H]2CCCCN2C1=O)c1ccccc1. The molecule has 0 N–H and O–H groups in total. The zero-order valence-corrected chi connectivity index (χ0v) is 11.5. The van der Waals surface area contributed by atoms with E-state index < -0.39 is 0 Å². The molecule has 1 aromatic carbocycles. The summed E-state index contributed by atoms with van der Waals surface area (Å²) in [5.41, 5.74) is 1.59. The Morgan fingerprint density at radius 1 is 1.20 bits per heavy atom. The van der Waals surface area contributed by atoms with E-state index in [4.69, 9.17) is 0 Å². The maximum Gasteiger partial charge on any atom is 0.348 e. The number of urea groups is 1. The van der Waals surface area contributed by atoms with Crippen molar-refractivity contribution in [2.24, 2.45) is 5.10 Å². The minimum absolute atomic E-state index is 0.190. The van der Waals surface area contributed by atoms with Crippen LogP contribution in [0.15, 0.2) is 35.4 Å². The Kier molecular flexibility index (Phi) is 3.26. The molecule has 1 atom stereocenters. The Hall–Kier alpha value is -2.17. The average molecular weight is 271 g/mol. The van der Waals surface area contributed by atoms with Crippen molar-refractivity contribution < 1.29 is 9.59 Å². The zero-order valence-electron chi connectivity index (χ0n) is 11.5. The van der Waals surface area contributed by atoms with Crippen LogP contribution in [0.5, 0.6) is 0 Å². The van der Waals surface area contributed by atoms with Crippen molar-refractivity contribution in [1.29, 1.82) is 0 Å². The molecule has 2 aliphatic rings. The van der Waals surface area contributed by atoms with Crippen LogP contribution in [0.3, 0.4) is 0 Å². The summed E-state index contributed by atoms with van der Waals surface area (Å²) in [6.07, 6.45) is 2.71. The van der Waals surface area contributed by atoms with Gasteiger partial charge in [0.25, 0.3) is 5.91 Å². The molecule has 20 heavy (non-hydrogen) atoms. The van der Waals surface area contributed by atoms with Gasteiger partial charge in [0.05, 0.1) is 5.71 Å². The first-order valence-corrected chi connectivity index (χ1v) is 6.93. The highest BCUT2D eigenvalue weighted by molar-refractivity contribution is 6.07. The third-order valence-electron chi connectivity index (χ3n) is 3.87. The lowest BCUT2D eigenvalue weighted by molar-refractivity contribution is -0.128. The molecule has 0 aromatic heterocycles. The highest BCUT2D eigenvalue weighted by Crippen LogP contribution is 2.27. The molecule has 2 saturated heterocycles. The molecule has 3 amide bonds. The molecule has 0 saturated carbocycles. The number of hydrazone groups is 1. The molecular formula is C15H17N3O2. The summed E-state index contributed by atoms with van der Waals surface area (Å²) in [7, 11) is 0. The van der Waals surface area contributed by atoms with E-state index in [1.54, 1.807) is 4.90 Å². The van der Waals surface area contributed by atoms with Crippen LogP contribution in [-0.2, 0) is 4.79 Å². The highest BCUT2D eigenvalue weighted by atomic mass is 16.2. The summed E-state index contributed by atoms with van der Waals surface area (Å²) in [5, 5.41) is 5.28. The number of rotatable bonds is 2. The molecule has 0 aliphatic carbocycles. The highest BCUT2D eigenvalue weighted by Gasteiger charge is 2.46. The van der Waals surface area contributed by atoms with E-state index in [9.17, 15) is 9.59 Å². The summed E-state index contributed by atoms with van der Waals surface area (Å²) in [6.45, 7) is 2.47. The third kappa shape index (κ3) is 2.09. The third-order valence-corrected chi connectivity index (χ3v) is 3.87. The smallest absolute Gasteiger partial charge is 0.311 e. The Labute approximate surface area is 117 Å². The monoisotopic (exact) mass is 271 g/mol. The second-order valence-corrected chi connectivity index (χ2v) is 5.19. The van der Waals surface area contributed by atoms with Crippen LogP contribution in [0.4, 0.5) is 4.79 Å². The topological polar surface area (TPSA) is 53.0 Å². The van der Waals surface area contributed by atoms with Crippen LogP contribution in [0.1, 0.15) is 31.7 Å². The summed E-state index contributed by atoms with van der Waals surface area (Å²) in [4.78, 5) is 26.2. The van der Waals surface area contributed by atoms with E-state index in [1.807, 2.05) is 37.3 Å². The van der Waals surface area contributed by atoms with E-state index in [2.05, 4.69) is 5.10 Å². The van der Waals surface area contributed by atoms with Gasteiger partial charge in [0.15, 0.2) is 0 Å². The number of benzene rings is 1. The molecule has 2 aliphatic heterocycles. The molecule has 3 rings (SSSR count). The van der Waals surface area contributed by atoms with Crippen molar-refractivity contribution in [3.8, 4) is 0 Å². The number of fused-ring (bicyclic) bond motifs is 1. The van der Waals surface area contributed by atoms with E-state index >= 15 is 0 Å². The Bertz CT molecular complexity index is 544. The fourth-order valence-electron chi connectivity index (χ4n) is 2.75. The van der Waals surface area contributed by atoms with Gasteiger partial charge in [0.1, 0.15) is 6.04 Å². The van der Waals surface area contributed by atoms with Gasteiger partial charge in [-0.25, -0.2) is 4.79 Å². The van der Waals surface area contributed by atoms with Gasteiger partial charge < -0.3 is 4.90 Å². The molecule has 0 radical (unpaired) electrons. The average Bonchev–Trinajstić information content (AvgIpc) is 2.74. The molecule has 5 heteroatoms. The molecule has 0 spiro atoms. The number of nitrogens with zero attached hydrogens (tertiary/aromatic N) is 3. The van der Waals surface area contributed by atoms with E-state index in [1.165, 1.54) is 0 Å². The molecule has 0 bridgehead atoms. The van der Waals surface area contributed by atoms with Gasteiger partial charge in [-0.2, -0.15) is 5.10 Å². The van der Waals surface area contributed by atoms with Crippen molar-refractivity contribution >= 4 is 17.6 Å². The first-order chi connectivity index (χ1) is 9.68. The van der Waals surface area contributed by atoms with Gasteiger partial charge in [-0.1, -0.05) is 30.3 Å². The van der Waals surface area contributed by atoms with Crippen molar-refractivity contribution in [3.63, 3.8) is 0 Å². The van der Waals surface area contributed by atoms with Crippen LogP contribution in [0, 0.1) is 0 Å². The molecular weight excluding hydrogens is 254 g/mol. The Morgan fingerprint density at radius 3 is 2.65 bits per heavy atom. The quantitative estimate of drug-likeness (QED) is 0.612. The predicted molar refractivity (Wildman–Crippen MR) is 75.2 cm³/mol. The van der Waals surface area contributed by atoms with Gasteiger partial charge in [-0.15, -0.1) is 5.01 Å². The van der Waals surface area contributed by atoms with Crippen LogP contribution in [-0.4, -0.2) is 40.1 Å². The minimum Gasteiger partial charge on any atom is -0.311 e. The predicted octanol–water partition coefficient (Wildman–Crippen LogP) is 2.23. The normalized spacial score (nSPS) is 23.2. The lowest BCUT2D eigenvalue weighted by Crippen LogP contribution is -2.38. The summed E-state index contributed by atoms with van der Waals surface area (Å²) >= 11 is 0. The number of piperidine rings is 1. The Morgan fingerprint density at radius 2 is 1.95 bits per heavy atom. The first kappa shape index (κ1) is 12.8. The van der Waals surface area contributed by atoms with E-state index in [0.29, 0.717) is 12.3 Å². The van der Waals surface area contributed by atoms with Gasteiger partial charge in [-0.05, 0) is 31.7 Å². The Balaban J connectivity index is 1.87. The summed E-state index contributed by atoms with van der Waals surface area (Å²) in [5.74, 6) is -0.190. The number of imide groups is 1. The number of hydrogen-bond acceptors (Lipinski definition) is 3. The number of amides is 3. The minimum atomic E-state index is -0.302. The first-order valence-electron chi connectivity index (χ1n) is 6.93. The molecule has 2 fully saturated rings. The van der Waals surface area contributed by atoms with Gasteiger partial charge in [-0.3, -0.25) is 4.79 Å². The van der Waals surface area contributed by atoms with Gasteiger partial charge >= 0.3 is 6.03 Å². The lowest BCUT2D eigenvalue weighted by atomic mass is 10.0. The summed E-state index contributed by atoms with van der Waals surface area (Å²) in [6, 6.07) is 8.98. The molecule has 0 unspecified atom stereocenters. The van der Waals surface area contributed by atoms with Crippen LogP contribution in [0.2, 0.25) is 0 Å². The maximum absolute atomic E-state index is 12.3. The van der Waals surface area contributed by atoms with Crippen molar-refractivity contribution in [2.75, 3.05) is 6.54 Å². The number of carbonyl (C=O) groups is 2. The number of carbonyl (C=O) groups excluding carboxylic acids is 2. The number of hydrogen-bond donors (Lipinski definition) is 0. The van der Waals surface area contributed by atoms with Gasteiger partial charge in [0.2, 0.25) is 0 Å². The van der Waals surface area contributed by atoms with Crippen molar-refractivity contribution in [1.82, 2.24) is 9.91 Å². The largest absolute Gasteiger partial charge is 0.348 e. The van der Waals surface area contributed by atoms with Crippen LogP contribution < -0.4 is 0 Å². The van der Waals surface area contributed by atoms with Crippen molar-refractivity contribution in [3.05, 3.63) is 35.9 Å². The maximum atomic E-state index is 12.3. The molecule has 104 valence electrons. The van der Waals surface area contributed by atoms with E-state index in [0.717, 1.165) is 29.8 Å².